The highest BCUT2D eigenvalue weighted by molar-refractivity contribution is 6.05. The maximum absolute atomic E-state index is 14.4. The van der Waals surface area contributed by atoms with Gasteiger partial charge in [-0.1, -0.05) is 31.2 Å². The first-order valence-corrected chi connectivity index (χ1v) is 16.5. The fourth-order valence-corrected chi connectivity index (χ4v) is 5.98. The monoisotopic (exact) mass is 645 g/mol. The number of carbonyl (C=O) groups excluding carboxylic acids is 2. The Labute approximate surface area is 277 Å². The van der Waals surface area contributed by atoms with Gasteiger partial charge in [-0.05, 0) is 88.2 Å². The molecule has 0 aliphatic carbocycles. The van der Waals surface area contributed by atoms with Crippen molar-refractivity contribution in [2.75, 3.05) is 45.5 Å². The number of aliphatic hydroxyl groups is 1. The minimum absolute atomic E-state index is 0.0562. The second-order valence-corrected chi connectivity index (χ2v) is 12.7. The number of fused-ring (bicyclic) bond motifs is 2. The van der Waals surface area contributed by atoms with E-state index < -0.39 is 6.04 Å². The Hall–Kier alpha value is -4.12. The molecule has 2 aliphatic heterocycles. The molecule has 0 unspecified atom stereocenters. The summed E-state index contributed by atoms with van der Waals surface area (Å²) < 4.78 is 23.9. The van der Waals surface area contributed by atoms with E-state index in [1.165, 1.54) is 0 Å². The fourth-order valence-electron chi connectivity index (χ4n) is 5.98. The molecule has 2 heterocycles. The highest BCUT2D eigenvalue weighted by Crippen LogP contribution is 2.33. The first kappa shape index (κ1) is 34.2. The van der Waals surface area contributed by atoms with Gasteiger partial charge in [0, 0.05) is 43.4 Å². The number of ether oxygens (including phenoxy) is 4. The number of hydrogen-bond donors (Lipinski definition) is 2. The Morgan fingerprint density at radius 3 is 2.57 bits per heavy atom. The summed E-state index contributed by atoms with van der Waals surface area (Å²) in [6.45, 7) is 8.26. The molecule has 0 fully saturated rings. The van der Waals surface area contributed by atoms with Crippen LogP contribution in [0.3, 0.4) is 0 Å². The number of nitrogens with zero attached hydrogens (tertiary/aromatic N) is 2. The minimum Gasteiger partial charge on any atom is -0.490 e. The SMILES string of the molecule is C[C@@H]1CCCCO[C@@H](CN(C)Cc2ccc3c(c2)OCO3)[C@H](C)CN([C@H](C)CO)C(=O)c2cc(NC(=O)c3ccccc3)ccc2O1. The van der Waals surface area contributed by atoms with Gasteiger partial charge >= 0.3 is 0 Å². The number of hydrogen-bond acceptors (Lipinski definition) is 8. The highest BCUT2D eigenvalue weighted by atomic mass is 16.7. The molecule has 47 heavy (non-hydrogen) atoms. The van der Waals surface area contributed by atoms with Gasteiger partial charge in [0.2, 0.25) is 6.79 Å². The first-order valence-electron chi connectivity index (χ1n) is 16.5. The summed E-state index contributed by atoms with van der Waals surface area (Å²) in [5.74, 6) is 1.37. The van der Waals surface area contributed by atoms with Crippen LogP contribution >= 0.6 is 0 Å². The van der Waals surface area contributed by atoms with Crippen molar-refractivity contribution in [1.29, 1.82) is 0 Å². The zero-order chi connectivity index (χ0) is 33.3. The van der Waals surface area contributed by atoms with Gasteiger partial charge in [-0.15, -0.1) is 0 Å². The number of carbonyl (C=O) groups is 2. The molecule has 0 saturated carbocycles. The molecule has 0 bridgehead atoms. The third-order valence-corrected chi connectivity index (χ3v) is 8.73. The van der Waals surface area contributed by atoms with E-state index in [4.69, 9.17) is 18.9 Å². The number of rotatable bonds is 8. The van der Waals surface area contributed by atoms with Crippen molar-refractivity contribution >= 4 is 17.5 Å². The lowest BCUT2D eigenvalue weighted by Gasteiger charge is -2.36. The highest BCUT2D eigenvalue weighted by Gasteiger charge is 2.30. The smallest absolute Gasteiger partial charge is 0.258 e. The van der Waals surface area contributed by atoms with Crippen molar-refractivity contribution < 1.29 is 33.6 Å². The molecular weight excluding hydrogens is 598 g/mol. The van der Waals surface area contributed by atoms with Gasteiger partial charge in [-0.2, -0.15) is 0 Å². The molecule has 0 aromatic heterocycles. The van der Waals surface area contributed by atoms with Gasteiger partial charge < -0.3 is 34.3 Å². The molecule has 0 spiro atoms. The predicted molar refractivity (Wildman–Crippen MR) is 180 cm³/mol. The van der Waals surface area contributed by atoms with Crippen LogP contribution in [0.2, 0.25) is 0 Å². The number of anilines is 1. The van der Waals surface area contributed by atoms with Crippen LogP contribution in [0.1, 0.15) is 66.3 Å². The van der Waals surface area contributed by atoms with E-state index >= 15 is 0 Å². The van der Waals surface area contributed by atoms with Crippen LogP contribution in [0, 0.1) is 5.92 Å². The van der Waals surface area contributed by atoms with E-state index in [0.29, 0.717) is 48.8 Å². The van der Waals surface area contributed by atoms with Crippen LogP contribution in [0.25, 0.3) is 0 Å². The summed E-state index contributed by atoms with van der Waals surface area (Å²) in [4.78, 5) is 31.2. The second kappa shape index (κ2) is 16.1. The molecule has 0 saturated heterocycles. The molecule has 4 atom stereocenters. The lowest BCUT2D eigenvalue weighted by molar-refractivity contribution is -0.0177. The van der Waals surface area contributed by atoms with Crippen molar-refractivity contribution in [1.82, 2.24) is 9.80 Å². The number of nitrogens with one attached hydrogen (secondary N) is 1. The van der Waals surface area contributed by atoms with Crippen LogP contribution < -0.4 is 19.5 Å². The summed E-state index contributed by atoms with van der Waals surface area (Å²) in [6, 6.07) is 19.6. The summed E-state index contributed by atoms with van der Waals surface area (Å²) >= 11 is 0. The molecule has 10 heteroatoms. The number of likely N-dealkylation sites (N-methyl/N-ethyl adjacent to an activating group) is 1. The molecule has 3 aromatic carbocycles. The second-order valence-electron chi connectivity index (χ2n) is 12.7. The average Bonchev–Trinajstić information content (AvgIpc) is 3.54. The third-order valence-electron chi connectivity index (χ3n) is 8.73. The summed E-state index contributed by atoms with van der Waals surface area (Å²) in [6.07, 6.45) is 2.29. The Morgan fingerprint density at radius 1 is 1.02 bits per heavy atom. The lowest BCUT2D eigenvalue weighted by Crippen LogP contribution is -2.47. The molecule has 252 valence electrons. The lowest BCUT2D eigenvalue weighted by atomic mass is 10.0. The number of aliphatic hydroxyl groups excluding tert-OH is 1. The van der Waals surface area contributed by atoms with E-state index in [1.807, 2.05) is 38.1 Å². The van der Waals surface area contributed by atoms with Crippen molar-refractivity contribution in [2.45, 2.75) is 64.8 Å². The summed E-state index contributed by atoms with van der Waals surface area (Å²) in [5.41, 5.74) is 2.45. The summed E-state index contributed by atoms with van der Waals surface area (Å²) in [7, 11) is 2.06. The van der Waals surface area contributed by atoms with Gasteiger partial charge in [0.05, 0.1) is 30.4 Å². The van der Waals surface area contributed by atoms with Crippen LogP contribution in [0.15, 0.2) is 66.7 Å². The quantitative estimate of drug-likeness (QED) is 0.326. The molecule has 3 aromatic rings. The molecule has 2 amide bonds. The topological polar surface area (TPSA) is 110 Å². The molecule has 10 nitrogen and oxygen atoms in total. The van der Waals surface area contributed by atoms with Crippen molar-refractivity contribution in [2.24, 2.45) is 5.92 Å². The van der Waals surface area contributed by atoms with Crippen molar-refractivity contribution in [3.05, 3.63) is 83.4 Å². The standard InChI is InChI=1S/C37H47N3O7/c1-25-20-40(26(2)23-41)37(43)31-19-30(38-36(42)29-11-6-5-7-12-29)14-16-32(31)47-27(3)10-8-9-17-44-35(25)22-39(4)21-28-13-15-33-34(18-28)46-24-45-33/h5-7,11-16,18-19,25-27,35,41H,8-10,17,20-24H2,1-4H3,(H,38,42)/t25-,26-,27-,35+/m1/s1. The zero-order valence-corrected chi connectivity index (χ0v) is 27.8. The van der Waals surface area contributed by atoms with Crippen LogP contribution in [0.4, 0.5) is 5.69 Å². The normalized spacial score (nSPS) is 21.0. The van der Waals surface area contributed by atoms with E-state index in [0.717, 1.165) is 36.3 Å². The van der Waals surface area contributed by atoms with E-state index in [-0.39, 0.29) is 43.3 Å². The largest absolute Gasteiger partial charge is 0.490 e. The Morgan fingerprint density at radius 2 is 1.79 bits per heavy atom. The Kier molecular flexibility index (Phi) is 11.7. The molecule has 0 radical (unpaired) electrons. The van der Waals surface area contributed by atoms with Crippen LogP contribution in [-0.4, -0.2) is 85.1 Å². The molecule has 5 rings (SSSR count). The van der Waals surface area contributed by atoms with Gasteiger partial charge in [0.15, 0.2) is 11.5 Å². The molecule has 2 aliphatic rings. The molecule has 2 N–H and O–H groups in total. The van der Waals surface area contributed by atoms with Gasteiger partial charge in [-0.3, -0.25) is 14.5 Å². The predicted octanol–water partition coefficient (Wildman–Crippen LogP) is 5.60. The van der Waals surface area contributed by atoms with Gasteiger partial charge in [0.1, 0.15) is 5.75 Å². The maximum Gasteiger partial charge on any atom is 0.258 e. The third kappa shape index (κ3) is 9.03. The van der Waals surface area contributed by atoms with Gasteiger partial charge in [0.25, 0.3) is 11.8 Å². The maximum atomic E-state index is 14.4. The van der Waals surface area contributed by atoms with Crippen molar-refractivity contribution in [3.8, 4) is 17.2 Å². The van der Waals surface area contributed by atoms with E-state index in [9.17, 15) is 14.7 Å². The van der Waals surface area contributed by atoms with Crippen molar-refractivity contribution in [3.63, 3.8) is 0 Å². The number of benzene rings is 3. The number of amides is 2. The van der Waals surface area contributed by atoms with Gasteiger partial charge in [-0.25, -0.2) is 0 Å². The fraction of sp³-hybridized carbons (Fsp3) is 0.459. The Balaban J connectivity index is 1.38. The van der Waals surface area contributed by atoms with Crippen LogP contribution in [0.5, 0.6) is 17.2 Å². The van der Waals surface area contributed by atoms with E-state index in [1.54, 1.807) is 47.4 Å². The minimum atomic E-state index is -0.460. The summed E-state index contributed by atoms with van der Waals surface area (Å²) in [5, 5.41) is 13.2. The van der Waals surface area contributed by atoms with Crippen LogP contribution in [-0.2, 0) is 11.3 Å². The average molecular weight is 646 g/mol. The Bertz CT molecular complexity index is 1500. The molecular formula is C37H47N3O7. The first-order chi connectivity index (χ1) is 22.7. The zero-order valence-electron chi connectivity index (χ0n) is 27.8. The van der Waals surface area contributed by atoms with E-state index in [2.05, 4.69) is 24.2 Å².